The fraction of sp³-hybridized carbons (Fsp3) is 0.900. The highest BCUT2D eigenvalue weighted by atomic mass is 19.1. The summed E-state index contributed by atoms with van der Waals surface area (Å²) in [5.41, 5.74) is -0.570. The summed E-state index contributed by atoms with van der Waals surface area (Å²) in [5, 5.41) is 9.16. The number of halogens is 1. The zero-order valence-corrected chi connectivity index (χ0v) is 9.36. The van der Waals surface area contributed by atoms with Crippen LogP contribution in [0.5, 0.6) is 0 Å². The summed E-state index contributed by atoms with van der Waals surface area (Å²) in [4.78, 5) is 12.8. The van der Waals surface area contributed by atoms with E-state index in [1.54, 1.807) is 20.8 Å². The van der Waals surface area contributed by atoms with E-state index in [9.17, 15) is 9.18 Å². The molecule has 1 rings (SSSR count). The van der Waals surface area contributed by atoms with Gasteiger partial charge < -0.3 is 14.7 Å². The summed E-state index contributed by atoms with van der Waals surface area (Å²) in [7, 11) is 0. The van der Waals surface area contributed by atoms with Gasteiger partial charge in [0.25, 0.3) is 0 Å². The first-order valence-electron chi connectivity index (χ1n) is 5.09. The quantitative estimate of drug-likeness (QED) is 0.668. The van der Waals surface area contributed by atoms with Crippen molar-refractivity contribution in [2.45, 2.75) is 45.1 Å². The van der Waals surface area contributed by atoms with Crippen LogP contribution in [0.15, 0.2) is 0 Å². The molecule has 0 saturated carbocycles. The van der Waals surface area contributed by atoms with E-state index in [0.29, 0.717) is 6.54 Å². The minimum absolute atomic E-state index is 0.0872. The molecule has 15 heavy (non-hydrogen) atoms. The lowest BCUT2D eigenvalue weighted by atomic mass is 10.1. The number of likely N-dealkylation sites (tertiary alicyclic amines) is 1. The standard InChI is InChI=1S/C10H18FNO3/c1-10(2,3)15-9(14)12-5-4-8(13)7(11)6-12/h7-8,13H,4-6H2,1-3H3/t7?,8-/m1/s1. The van der Waals surface area contributed by atoms with Gasteiger partial charge in [-0.25, -0.2) is 9.18 Å². The van der Waals surface area contributed by atoms with Gasteiger partial charge in [0.05, 0.1) is 12.6 Å². The summed E-state index contributed by atoms with van der Waals surface area (Å²) in [6, 6.07) is 0. The zero-order valence-electron chi connectivity index (χ0n) is 9.36. The van der Waals surface area contributed by atoms with Crippen LogP contribution >= 0.6 is 0 Å². The van der Waals surface area contributed by atoms with E-state index in [0.717, 1.165) is 0 Å². The third-order valence-corrected chi connectivity index (χ3v) is 2.16. The fourth-order valence-corrected chi connectivity index (χ4v) is 1.38. The van der Waals surface area contributed by atoms with Crippen LogP contribution in [0.3, 0.4) is 0 Å². The molecule has 5 heteroatoms. The number of rotatable bonds is 0. The summed E-state index contributed by atoms with van der Waals surface area (Å²) < 4.78 is 18.2. The summed E-state index contributed by atoms with van der Waals surface area (Å²) in [6.45, 7) is 5.54. The Morgan fingerprint density at radius 1 is 1.53 bits per heavy atom. The van der Waals surface area contributed by atoms with Crippen LogP contribution in [0.2, 0.25) is 0 Å². The first-order valence-corrected chi connectivity index (χ1v) is 5.09. The van der Waals surface area contributed by atoms with Crippen LogP contribution < -0.4 is 0 Å². The minimum Gasteiger partial charge on any atom is -0.444 e. The van der Waals surface area contributed by atoms with Crippen LogP contribution in [0, 0.1) is 0 Å². The Morgan fingerprint density at radius 2 is 2.13 bits per heavy atom. The van der Waals surface area contributed by atoms with Crippen molar-refractivity contribution < 1.29 is 19.0 Å². The Bertz CT molecular complexity index is 239. The molecule has 0 aromatic heterocycles. The molecule has 0 radical (unpaired) electrons. The van der Waals surface area contributed by atoms with Gasteiger partial charge in [-0.05, 0) is 27.2 Å². The summed E-state index contributed by atoms with van der Waals surface area (Å²) >= 11 is 0. The number of hydrogen-bond acceptors (Lipinski definition) is 3. The van der Waals surface area contributed by atoms with Crippen LogP contribution in [0.1, 0.15) is 27.2 Å². The van der Waals surface area contributed by atoms with Gasteiger partial charge in [0, 0.05) is 6.54 Å². The van der Waals surface area contributed by atoms with Gasteiger partial charge in [0.1, 0.15) is 11.8 Å². The Balaban J connectivity index is 2.48. The zero-order chi connectivity index (χ0) is 11.6. The van der Waals surface area contributed by atoms with Crippen LogP contribution in [0.4, 0.5) is 9.18 Å². The first kappa shape index (κ1) is 12.2. The number of nitrogens with zero attached hydrogens (tertiary/aromatic N) is 1. The number of hydrogen-bond donors (Lipinski definition) is 1. The number of ether oxygens (including phenoxy) is 1. The van der Waals surface area contributed by atoms with E-state index >= 15 is 0 Å². The lowest BCUT2D eigenvalue weighted by Crippen LogP contribution is -2.48. The van der Waals surface area contributed by atoms with Gasteiger partial charge in [-0.1, -0.05) is 0 Å². The second-order valence-corrected chi connectivity index (χ2v) is 4.80. The topological polar surface area (TPSA) is 49.8 Å². The molecule has 4 nitrogen and oxygen atoms in total. The van der Waals surface area contributed by atoms with Crippen molar-refractivity contribution in [3.63, 3.8) is 0 Å². The van der Waals surface area contributed by atoms with E-state index in [4.69, 9.17) is 9.84 Å². The van der Waals surface area contributed by atoms with Crippen molar-refractivity contribution in [3.8, 4) is 0 Å². The maximum Gasteiger partial charge on any atom is 0.410 e. The molecule has 1 aliphatic rings. The van der Waals surface area contributed by atoms with Crippen molar-refractivity contribution in [1.29, 1.82) is 0 Å². The largest absolute Gasteiger partial charge is 0.444 e. The van der Waals surface area contributed by atoms with E-state index in [-0.39, 0.29) is 13.0 Å². The number of aliphatic hydroxyl groups excluding tert-OH is 1. The number of alkyl halides is 1. The molecule has 0 aromatic carbocycles. The van der Waals surface area contributed by atoms with Crippen molar-refractivity contribution >= 4 is 6.09 Å². The third kappa shape index (κ3) is 3.66. The molecule has 1 unspecified atom stereocenters. The number of aliphatic hydroxyl groups is 1. The smallest absolute Gasteiger partial charge is 0.410 e. The molecule has 0 aliphatic carbocycles. The predicted octanol–water partition coefficient (Wildman–Crippen LogP) is 1.33. The molecule has 0 bridgehead atoms. The lowest BCUT2D eigenvalue weighted by Gasteiger charge is -2.33. The monoisotopic (exact) mass is 219 g/mol. The molecule has 1 saturated heterocycles. The van der Waals surface area contributed by atoms with Gasteiger partial charge in [-0.3, -0.25) is 0 Å². The molecule has 0 aromatic rings. The van der Waals surface area contributed by atoms with E-state index in [1.807, 2.05) is 0 Å². The molecular formula is C10H18FNO3. The van der Waals surface area contributed by atoms with E-state index in [1.165, 1.54) is 4.90 Å². The highest BCUT2D eigenvalue weighted by Crippen LogP contribution is 2.17. The molecular weight excluding hydrogens is 201 g/mol. The van der Waals surface area contributed by atoms with E-state index < -0.39 is 24.0 Å². The van der Waals surface area contributed by atoms with E-state index in [2.05, 4.69) is 0 Å². The Hall–Kier alpha value is -0.840. The average molecular weight is 219 g/mol. The number of amides is 1. The summed E-state index contributed by atoms with van der Waals surface area (Å²) in [5.74, 6) is 0. The first-order chi connectivity index (χ1) is 6.79. The highest BCUT2D eigenvalue weighted by Gasteiger charge is 2.32. The molecule has 0 spiro atoms. The normalized spacial score (nSPS) is 27.7. The van der Waals surface area contributed by atoms with Crippen molar-refractivity contribution in [1.82, 2.24) is 4.90 Å². The van der Waals surface area contributed by atoms with Crippen molar-refractivity contribution in [3.05, 3.63) is 0 Å². The van der Waals surface area contributed by atoms with Gasteiger partial charge in [-0.2, -0.15) is 0 Å². The SMILES string of the molecule is CC(C)(C)OC(=O)N1CC[C@@H](O)C(F)C1. The maximum absolute atomic E-state index is 13.1. The molecule has 1 fully saturated rings. The molecule has 1 amide bonds. The lowest BCUT2D eigenvalue weighted by molar-refractivity contribution is -0.0175. The molecule has 2 atom stereocenters. The molecule has 1 aliphatic heterocycles. The average Bonchev–Trinajstić information content (AvgIpc) is 2.06. The van der Waals surface area contributed by atoms with Crippen LogP contribution in [-0.2, 0) is 4.74 Å². The summed E-state index contributed by atoms with van der Waals surface area (Å²) in [6.07, 6.45) is -2.58. The highest BCUT2D eigenvalue weighted by molar-refractivity contribution is 5.68. The number of piperidine rings is 1. The Morgan fingerprint density at radius 3 is 2.60 bits per heavy atom. The van der Waals surface area contributed by atoms with Crippen molar-refractivity contribution in [2.75, 3.05) is 13.1 Å². The van der Waals surface area contributed by atoms with Crippen LogP contribution in [-0.4, -0.2) is 47.1 Å². The Labute approximate surface area is 89.0 Å². The predicted molar refractivity (Wildman–Crippen MR) is 53.3 cm³/mol. The second-order valence-electron chi connectivity index (χ2n) is 4.80. The minimum atomic E-state index is -1.37. The number of carbonyl (C=O) groups is 1. The van der Waals surface area contributed by atoms with Gasteiger partial charge in [0.2, 0.25) is 0 Å². The molecule has 1 heterocycles. The van der Waals surface area contributed by atoms with Gasteiger partial charge >= 0.3 is 6.09 Å². The number of carbonyl (C=O) groups excluding carboxylic acids is 1. The van der Waals surface area contributed by atoms with Gasteiger partial charge in [0.15, 0.2) is 0 Å². The fourth-order valence-electron chi connectivity index (χ4n) is 1.38. The Kier molecular flexibility index (Phi) is 3.54. The molecule has 1 N–H and O–H groups in total. The van der Waals surface area contributed by atoms with Gasteiger partial charge in [-0.15, -0.1) is 0 Å². The third-order valence-electron chi connectivity index (χ3n) is 2.16. The maximum atomic E-state index is 13.1. The van der Waals surface area contributed by atoms with Crippen molar-refractivity contribution in [2.24, 2.45) is 0 Å². The van der Waals surface area contributed by atoms with Crippen LogP contribution in [0.25, 0.3) is 0 Å². The second kappa shape index (κ2) is 4.35. The molecule has 88 valence electrons.